The van der Waals surface area contributed by atoms with E-state index in [2.05, 4.69) is 22.4 Å². The van der Waals surface area contributed by atoms with Gasteiger partial charge in [-0.1, -0.05) is 36.4 Å². The summed E-state index contributed by atoms with van der Waals surface area (Å²) in [6.45, 7) is 2.48. The third-order valence-corrected chi connectivity index (χ3v) is 6.85. The van der Waals surface area contributed by atoms with E-state index in [1.165, 1.54) is 24.0 Å². The number of sulfonamides is 1. The molecule has 0 aliphatic carbocycles. The van der Waals surface area contributed by atoms with Crippen molar-refractivity contribution in [3.8, 4) is 11.1 Å². The van der Waals surface area contributed by atoms with Crippen molar-refractivity contribution < 1.29 is 13.2 Å². The lowest BCUT2D eigenvalue weighted by atomic mass is 10.0. The molecular formula is C24H27N3O3S. The predicted molar refractivity (Wildman–Crippen MR) is 122 cm³/mol. The van der Waals surface area contributed by atoms with E-state index >= 15 is 0 Å². The summed E-state index contributed by atoms with van der Waals surface area (Å²) in [5.74, 6) is -0.109. The fraction of sp³-hybridized carbons (Fsp3) is 0.250. The van der Waals surface area contributed by atoms with Gasteiger partial charge in [-0.2, -0.15) is 0 Å². The maximum Gasteiger partial charge on any atom is 0.252 e. The van der Waals surface area contributed by atoms with E-state index in [9.17, 15) is 13.2 Å². The molecule has 0 radical (unpaired) electrons. The van der Waals surface area contributed by atoms with E-state index in [1.807, 2.05) is 37.3 Å². The van der Waals surface area contributed by atoms with Crippen LogP contribution in [0, 0.1) is 6.92 Å². The zero-order valence-electron chi connectivity index (χ0n) is 18.0. The van der Waals surface area contributed by atoms with Crippen LogP contribution in [0.25, 0.3) is 11.1 Å². The van der Waals surface area contributed by atoms with Crippen LogP contribution in [0.15, 0.2) is 71.8 Å². The minimum Gasteiger partial charge on any atom is -0.352 e. The van der Waals surface area contributed by atoms with Gasteiger partial charge in [0.1, 0.15) is 0 Å². The van der Waals surface area contributed by atoms with Crippen molar-refractivity contribution in [2.24, 2.45) is 0 Å². The molecule has 3 aromatic rings. The monoisotopic (exact) mass is 437 g/mol. The Bertz CT molecular complexity index is 1120. The molecular weight excluding hydrogens is 410 g/mol. The number of carbonyl (C=O) groups is 1. The van der Waals surface area contributed by atoms with E-state index < -0.39 is 10.0 Å². The molecule has 0 fully saturated rings. The number of hydrogen-bond acceptors (Lipinski definition) is 4. The van der Waals surface area contributed by atoms with Crippen LogP contribution in [0.2, 0.25) is 0 Å². The number of nitrogens with one attached hydrogen (secondary N) is 1. The smallest absolute Gasteiger partial charge is 0.252 e. The lowest BCUT2D eigenvalue weighted by Crippen LogP contribution is -2.24. The molecule has 31 heavy (non-hydrogen) atoms. The van der Waals surface area contributed by atoms with E-state index in [4.69, 9.17) is 0 Å². The molecule has 1 N–H and O–H groups in total. The van der Waals surface area contributed by atoms with Crippen LogP contribution in [0.1, 0.15) is 28.0 Å². The fourth-order valence-electron chi connectivity index (χ4n) is 3.09. The number of rotatable bonds is 8. The molecule has 162 valence electrons. The zero-order chi connectivity index (χ0) is 22.4. The highest BCUT2D eigenvalue weighted by atomic mass is 32.2. The van der Waals surface area contributed by atoms with Crippen LogP contribution in [-0.4, -0.2) is 44.3 Å². The summed E-state index contributed by atoms with van der Waals surface area (Å²) < 4.78 is 25.6. The molecule has 7 heteroatoms. The van der Waals surface area contributed by atoms with Gasteiger partial charge in [0.05, 0.1) is 10.5 Å². The number of pyridine rings is 1. The molecule has 3 rings (SSSR count). The van der Waals surface area contributed by atoms with E-state index in [0.717, 1.165) is 29.7 Å². The average Bonchev–Trinajstić information content (AvgIpc) is 2.77. The number of carbonyl (C=O) groups excluding carboxylic acids is 1. The fourth-order valence-corrected chi connectivity index (χ4v) is 3.99. The maximum absolute atomic E-state index is 12.2. The van der Waals surface area contributed by atoms with Crippen molar-refractivity contribution in [2.45, 2.75) is 24.7 Å². The summed E-state index contributed by atoms with van der Waals surface area (Å²) in [6, 6.07) is 18.7. The number of aryl methyl sites for hydroxylation is 2. The van der Waals surface area contributed by atoms with Gasteiger partial charge in [-0.3, -0.25) is 9.78 Å². The normalized spacial score (nSPS) is 11.5. The lowest BCUT2D eigenvalue weighted by molar-refractivity contribution is 0.0953. The van der Waals surface area contributed by atoms with Gasteiger partial charge >= 0.3 is 0 Å². The molecule has 0 saturated carbocycles. The molecule has 0 saturated heterocycles. The summed E-state index contributed by atoms with van der Waals surface area (Å²) in [4.78, 5) is 16.5. The third-order valence-electron chi connectivity index (χ3n) is 5.02. The van der Waals surface area contributed by atoms with Crippen LogP contribution < -0.4 is 5.32 Å². The van der Waals surface area contributed by atoms with E-state index in [0.29, 0.717) is 12.1 Å². The van der Waals surface area contributed by atoms with Gasteiger partial charge in [-0.15, -0.1) is 0 Å². The summed E-state index contributed by atoms with van der Waals surface area (Å²) in [6.07, 6.45) is 3.28. The average molecular weight is 438 g/mol. The molecule has 0 spiro atoms. The molecule has 0 aliphatic heterocycles. The Balaban J connectivity index is 1.52. The summed E-state index contributed by atoms with van der Waals surface area (Å²) >= 11 is 0. The standard InChI is InChI=1S/C24H27N3O3S/c1-18-6-9-22(17-26-18)24(28)25-16-4-5-19-7-10-20(11-8-19)21-12-14-23(15-13-21)31(29,30)27(2)3/h6-15,17H,4-5,16H2,1-3H3,(H,25,28). The van der Waals surface area contributed by atoms with Gasteiger partial charge in [0.15, 0.2) is 0 Å². The summed E-state index contributed by atoms with van der Waals surface area (Å²) in [5.41, 5.74) is 4.62. The molecule has 6 nitrogen and oxygen atoms in total. The Hall–Kier alpha value is -3.03. The molecule has 0 bridgehead atoms. The first kappa shape index (κ1) is 22.7. The summed E-state index contributed by atoms with van der Waals surface area (Å²) in [7, 11) is -0.380. The Kier molecular flexibility index (Phi) is 7.20. The van der Waals surface area contributed by atoms with Crippen molar-refractivity contribution in [3.05, 3.63) is 83.7 Å². The number of amides is 1. The quantitative estimate of drug-likeness (QED) is 0.546. The highest BCUT2D eigenvalue weighted by Crippen LogP contribution is 2.23. The Labute approximate surface area is 184 Å². The minimum absolute atomic E-state index is 0.109. The van der Waals surface area contributed by atoms with Gasteiger partial charge in [0.25, 0.3) is 5.91 Å². The second-order valence-electron chi connectivity index (χ2n) is 7.56. The van der Waals surface area contributed by atoms with Gasteiger partial charge in [0, 0.05) is 32.5 Å². The van der Waals surface area contributed by atoms with Crippen LogP contribution in [0.3, 0.4) is 0 Å². The maximum atomic E-state index is 12.2. The Morgan fingerprint density at radius 1 is 0.935 bits per heavy atom. The van der Waals surface area contributed by atoms with Crippen molar-refractivity contribution in [1.29, 1.82) is 0 Å². The van der Waals surface area contributed by atoms with Crippen LogP contribution >= 0.6 is 0 Å². The topological polar surface area (TPSA) is 79.4 Å². The predicted octanol–water partition coefficient (Wildman–Crippen LogP) is 3.67. The first-order valence-electron chi connectivity index (χ1n) is 10.1. The van der Waals surface area contributed by atoms with Gasteiger partial charge < -0.3 is 5.32 Å². The van der Waals surface area contributed by atoms with Crippen LogP contribution in [0.4, 0.5) is 0 Å². The van der Waals surface area contributed by atoms with E-state index in [1.54, 1.807) is 24.4 Å². The van der Waals surface area contributed by atoms with Gasteiger partial charge in [0.2, 0.25) is 10.0 Å². The second-order valence-corrected chi connectivity index (χ2v) is 9.71. The van der Waals surface area contributed by atoms with Crippen LogP contribution in [0.5, 0.6) is 0 Å². The second kappa shape index (κ2) is 9.85. The third kappa shape index (κ3) is 5.77. The minimum atomic E-state index is -3.42. The molecule has 0 unspecified atom stereocenters. The molecule has 2 aromatic carbocycles. The molecule has 1 amide bonds. The zero-order valence-corrected chi connectivity index (χ0v) is 18.8. The van der Waals surface area contributed by atoms with Gasteiger partial charge in [-0.05, 0) is 60.7 Å². The van der Waals surface area contributed by atoms with Crippen LogP contribution in [-0.2, 0) is 16.4 Å². The first-order chi connectivity index (χ1) is 14.8. The van der Waals surface area contributed by atoms with Crippen molar-refractivity contribution in [1.82, 2.24) is 14.6 Å². The summed E-state index contributed by atoms with van der Waals surface area (Å²) in [5, 5.41) is 2.92. The lowest BCUT2D eigenvalue weighted by Gasteiger charge is -2.12. The number of nitrogens with zero attached hydrogens (tertiary/aromatic N) is 2. The van der Waals surface area contributed by atoms with Crippen molar-refractivity contribution >= 4 is 15.9 Å². The highest BCUT2D eigenvalue weighted by Gasteiger charge is 2.16. The SMILES string of the molecule is Cc1ccc(C(=O)NCCCc2ccc(-c3ccc(S(=O)(=O)N(C)C)cc3)cc2)cn1. The highest BCUT2D eigenvalue weighted by molar-refractivity contribution is 7.89. The van der Waals surface area contributed by atoms with Gasteiger partial charge in [-0.25, -0.2) is 12.7 Å². The molecule has 1 heterocycles. The molecule has 0 aliphatic rings. The number of benzene rings is 2. The van der Waals surface area contributed by atoms with Crippen molar-refractivity contribution in [3.63, 3.8) is 0 Å². The number of hydrogen-bond donors (Lipinski definition) is 1. The first-order valence-corrected chi connectivity index (χ1v) is 11.5. The van der Waals surface area contributed by atoms with E-state index in [-0.39, 0.29) is 10.8 Å². The van der Waals surface area contributed by atoms with Crippen molar-refractivity contribution in [2.75, 3.05) is 20.6 Å². The molecule has 0 atom stereocenters. The largest absolute Gasteiger partial charge is 0.352 e. The Morgan fingerprint density at radius 2 is 1.55 bits per heavy atom. The Morgan fingerprint density at radius 3 is 2.10 bits per heavy atom. The number of aromatic nitrogens is 1. The molecule has 1 aromatic heterocycles.